The van der Waals surface area contributed by atoms with E-state index in [1.807, 2.05) is 7.05 Å². The predicted molar refractivity (Wildman–Crippen MR) is 191 cm³/mol. The molecular weight excluding hydrogens is 707 g/mol. The number of carbonyl (C=O) groups is 3. The lowest BCUT2D eigenvalue weighted by Crippen LogP contribution is -2.50. The van der Waals surface area contributed by atoms with Crippen LogP contribution in [0.25, 0.3) is 5.52 Å². The molecule has 6 atom stereocenters. The first-order chi connectivity index (χ1) is 25.1. The highest BCUT2D eigenvalue weighted by atomic mass is 31.2. The van der Waals surface area contributed by atoms with Crippen LogP contribution in [-0.2, 0) is 42.4 Å². The van der Waals surface area contributed by atoms with Gasteiger partial charge in [-0.05, 0) is 57.1 Å². The van der Waals surface area contributed by atoms with Crippen molar-refractivity contribution in [2.24, 2.45) is 11.8 Å². The molecule has 0 aliphatic carbocycles. The Kier molecular flexibility index (Phi) is 12.5. The molecule has 17 heteroatoms. The molecule has 53 heavy (non-hydrogen) atoms. The molecule has 0 radical (unpaired) electrons. The van der Waals surface area contributed by atoms with Gasteiger partial charge in [0.25, 0.3) is 0 Å². The van der Waals surface area contributed by atoms with Crippen LogP contribution in [0, 0.1) is 23.2 Å². The van der Waals surface area contributed by atoms with Gasteiger partial charge in [-0.15, -0.1) is 0 Å². The van der Waals surface area contributed by atoms with Crippen LogP contribution in [0.3, 0.4) is 0 Å². The molecule has 0 unspecified atom stereocenters. The third kappa shape index (κ3) is 9.17. The molecule has 1 aromatic carbocycles. The minimum Gasteiger partial charge on any atom is -0.461 e. The molecule has 4 heterocycles. The molecule has 2 aliphatic heterocycles. The molecule has 5 rings (SSSR count). The molecular formula is C36H47N6O10P. The number of esters is 3. The number of hydrogen-bond donors (Lipinski definition) is 2. The maximum atomic E-state index is 14.6. The van der Waals surface area contributed by atoms with Crippen LogP contribution in [0.4, 0.5) is 5.69 Å². The number of benzene rings is 1. The van der Waals surface area contributed by atoms with Gasteiger partial charge in [-0.1, -0.05) is 45.9 Å². The zero-order valence-electron chi connectivity index (χ0n) is 30.7. The fraction of sp³-hybridized carbons (Fsp3) is 0.528. The van der Waals surface area contributed by atoms with Gasteiger partial charge in [0.1, 0.15) is 36.7 Å². The van der Waals surface area contributed by atoms with Gasteiger partial charge in [-0.25, -0.2) is 9.08 Å². The lowest BCUT2D eigenvalue weighted by molar-refractivity contribution is -0.173. The summed E-state index contributed by atoms with van der Waals surface area (Å²) in [4.78, 5) is 41.7. The van der Waals surface area contributed by atoms with E-state index in [4.69, 9.17) is 33.7 Å². The monoisotopic (exact) mass is 754 g/mol. The molecule has 0 bridgehead atoms. The van der Waals surface area contributed by atoms with E-state index in [1.54, 1.807) is 64.1 Å². The van der Waals surface area contributed by atoms with Crippen molar-refractivity contribution in [2.45, 2.75) is 83.5 Å². The Hall–Kier alpha value is -4.52. The second-order valence-electron chi connectivity index (χ2n) is 13.9. The van der Waals surface area contributed by atoms with E-state index in [0.717, 1.165) is 13.1 Å². The average molecular weight is 755 g/mol. The highest BCUT2D eigenvalue weighted by Crippen LogP contribution is 2.50. The SMILES string of the molecule is CC(C)C(=O)O[C@H]1[C@H](c2ccc3c(N)ccnn23)O[C@](C#N)(CO[P@](=O)(N[C@@H](C)C(=O)OC2CCN(C)CC2)Oc2ccccc2)[C@H]1OC(=O)C(C)C. The van der Waals surface area contributed by atoms with E-state index in [0.29, 0.717) is 29.7 Å². The number of nitrogen functional groups attached to an aromatic ring is 1. The van der Waals surface area contributed by atoms with Crippen molar-refractivity contribution in [3.05, 3.63) is 60.4 Å². The summed E-state index contributed by atoms with van der Waals surface area (Å²) in [6.45, 7) is 8.58. The van der Waals surface area contributed by atoms with Gasteiger partial charge in [-0.2, -0.15) is 15.4 Å². The first-order valence-electron chi connectivity index (χ1n) is 17.5. The second-order valence-corrected chi connectivity index (χ2v) is 15.6. The van der Waals surface area contributed by atoms with Crippen molar-refractivity contribution >= 4 is 36.9 Å². The zero-order chi connectivity index (χ0) is 38.5. The number of piperidine rings is 1. The van der Waals surface area contributed by atoms with Gasteiger partial charge in [0, 0.05) is 19.3 Å². The first-order valence-corrected chi connectivity index (χ1v) is 19.1. The largest absolute Gasteiger partial charge is 0.461 e. The van der Waals surface area contributed by atoms with Crippen molar-refractivity contribution < 1.29 is 46.9 Å². The van der Waals surface area contributed by atoms with Crippen LogP contribution in [0.5, 0.6) is 5.75 Å². The lowest BCUT2D eigenvalue weighted by Gasteiger charge is -2.31. The summed E-state index contributed by atoms with van der Waals surface area (Å²) in [5.41, 5.74) is 5.18. The Morgan fingerprint density at radius 1 is 1.00 bits per heavy atom. The number of nitrogens with zero attached hydrogens (tertiary/aromatic N) is 4. The quantitative estimate of drug-likeness (QED) is 0.134. The van der Waals surface area contributed by atoms with E-state index < -0.39 is 74.1 Å². The minimum atomic E-state index is -4.56. The first kappa shape index (κ1) is 39.7. The number of rotatable bonds is 14. The number of aromatic nitrogens is 2. The fourth-order valence-electron chi connectivity index (χ4n) is 5.89. The lowest BCUT2D eigenvalue weighted by atomic mass is 9.95. The van der Waals surface area contributed by atoms with Gasteiger partial charge in [0.15, 0.2) is 12.2 Å². The smallest absolute Gasteiger partial charge is 0.459 e. The van der Waals surface area contributed by atoms with E-state index in [-0.39, 0.29) is 11.9 Å². The number of anilines is 1. The van der Waals surface area contributed by atoms with Gasteiger partial charge in [0.05, 0.1) is 28.7 Å². The van der Waals surface area contributed by atoms with Gasteiger partial charge in [-0.3, -0.25) is 18.9 Å². The van der Waals surface area contributed by atoms with Gasteiger partial charge < -0.3 is 34.1 Å². The number of likely N-dealkylation sites (tertiary alicyclic amines) is 1. The standard InChI is InChI=1S/C36H47N6O10P/c1-22(2)33(43)49-31-30(29-13-12-28-27(38)14-17-39-42(28)29)51-36(20-37,32(31)50-34(44)23(3)4)21-47-53(46,52-26-10-8-7-9-11-26)40-24(5)35(45)48-25-15-18-41(6)19-16-25/h7-14,17,22-25,30-32H,15-16,18-19,21,38H2,1-6H3,(H,40,46)/t24-,30-,31-,32-,36+,53+/m0/s1. The van der Waals surface area contributed by atoms with E-state index in [1.165, 1.54) is 29.8 Å². The number of ether oxygens (including phenoxy) is 4. The maximum Gasteiger partial charge on any atom is 0.459 e. The summed E-state index contributed by atoms with van der Waals surface area (Å²) in [7, 11) is -2.58. The van der Waals surface area contributed by atoms with Crippen molar-refractivity contribution in [3.8, 4) is 11.8 Å². The average Bonchev–Trinajstić information content (AvgIpc) is 3.68. The van der Waals surface area contributed by atoms with Crippen LogP contribution in [-0.4, -0.2) is 89.1 Å². The Bertz CT molecular complexity index is 1860. The summed E-state index contributed by atoms with van der Waals surface area (Å²) < 4.78 is 51.9. The van der Waals surface area contributed by atoms with Gasteiger partial charge in [0.2, 0.25) is 5.60 Å². The summed E-state index contributed by atoms with van der Waals surface area (Å²) in [6, 6.07) is 13.9. The maximum absolute atomic E-state index is 14.6. The third-order valence-corrected chi connectivity index (χ3v) is 10.6. The number of carbonyl (C=O) groups excluding carboxylic acids is 3. The molecule has 2 aliphatic rings. The highest BCUT2D eigenvalue weighted by Gasteiger charge is 2.62. The number of fused-ring (bicyclic) bond motifs is 1. The topological polar surface area (TPSA) is 206 Å². The normalized spacial score (nSPS) is 24.0. The summed E-state index contributed by atoms with van der Waals surface area (Å²) >= 11 is 0. The molecule has 2 fully saturated rings. The Labute approximate surface area is 308 Å². The van der Waals surface area contributed by atoms with Crippen molar-refractivity contribution in [3.63, 3.8) is 0 Å². The van der Waals surface area contributed by atoms with Crippen molar-refractivity contribution in [2.75, 3.05) is 32.5 Å². The molecule has 0 amide bonds. The van der Waals surface area contributed by atoms with Crippen LogP contribution >= 0.6 is 7.75 Å². The highest BCUT2D eigenvalue weighted by molar-refractivity contribution is 7.52. The second kappa shape index (κ2) is 16.7. The number of nitriles is 1. The summed E-state index contributed by atoms with van der Waals surface area (Å²) in [6.07, 6.45) is -1.82. The third-order valence-electron chi connectivity index (χ3n) is 9.00. The Balaban J connectivity index is 1.51. The minimum absolute atomic E-state index is 0.130. The van der Waals surface area contributed by atoms with E-state index in [2.05, 4.69) is 21.2 Å². The van der Waals surface area contributed by atoms with Crippen LogP contribution in [0.2, 0.25) is 0 Å². The van der Waals surface area contributed by atoms with Gasteiger partial charge >= 0.3 is 25.7 Å². The molecule has 2 saturated heterocycles. The van der Waals surface area contributed by atoms with E-state index >= 15 is 0 Å². The molecule has 3 aromatic rings. The zero-order valence-corrected chi connectivity index (χ0v) is 31.6. The number of para-hydroxylation sites is 1. The summed E-state index contributed by atoms with van der Waals surface area (Å²) in [5.74, 6) is -3.20. The van der Waals surface area contributed by atoms with Crippen LogP contribution in [0.15, 0.2) is 54.7 Å². The van der Waals surface area contributed by atoms with E-state index in [9.17, 15) is 24.2 Å². The molecule has 3 N–H and O–H groups in total. The molecule has 16 nitrogen and oxygen atoms in total. The fourth-order valence-corrected chi connectivity index (χ4v) is 7.41. The summed E-state index contributed by atoms with van der Waals surface area (Å²) in [5, 5.41) is 17.9. The number of nitrogens with one attached hydrogen (secondary N) is 1. The van der Waals surface area contributed by atoms with Crippen LogP contribution in [0.1, 0.15) is 59.3 Å². The molecule has 0 saturated carbocycles. The molecule has 286 valence electrons. The van der Waals surface area contributed by atoms with Crippen molar-refractivity contribution in [1.82, 2.24) is 19.6 Å². The molecule has 2 aromatic heterocycles. The number of hydrogen-bond acceptors (Lipinski definition) is 14. The Morgan fingerprint density at radius 2 is 1.66 bits per heavy atom. The number of nitrogens with two attached hydrogens (primary N) is 1. The van der Waals surface area contributed by atoms with Crippen LogP contribution < -0.4 is 15.3 Å². The molecule has 0 spiro atoms. The predicted octanol–water partition coefficient (Wildman–Crippen LogP) is 4.20. The van der Waals surface area contributed by atoms with Crippen molar-refractivity contribution in [1.29, 1.82) is 5.26 Å². The Morgan fingerprint density at radius 3 is 2.30 bits per heavy atom.